The van der Waals surface area contributed by atoms with Gasteiger partial charge in [0.1, 0.15) is 0 Å². The molecule has 3 nitrogen and oxygen atoms in total. The number of imide groups is 1. The lowest BCUT2D eigenvalue weighted by Crippen LogP contribution is -2.39. The largest absolute Gasteiger partial charge is 0.275 e. The van der Waals surface area contributed by atoms with Gasteiger partial charge in [0.25, 0.3) is 11.8 Å². The second-order valence-corrected chi connectivity index (χ2v) is 4.66. The van der Waals surface area contributed by atoms with Gasteiger partial charge in [0.05, 0.1) is 0 Å². The molecule has 15 heavy (non-hydrogen) atoms. The van der Waals surface area contributed by atoms with Crippen LogP contribution in [-0.4, -0.2) is 23.3 Å². The first-order valence-electron chi connectivity index (χ1n) is 5.70. The SMILES string of the molecule is CCC1(CN2C(=O)C=CC2=O)CCCC1. The Bertz CT molecular complexity index is 296. The van der Waals surface area contributed by atoms with Crippen molar-refractivity contribution in [2.24, 2.45) is 5.41 Å². The van der Waals surface area contributed by atoms with E-state index < -0.39 is 0 Å². The molecule has 0 unspecified atom stereocenters. The summed E-state index contributed by atoms with van der Waals surface area (Å²) in [6, 6.07) is 0. The number of hydrogen-bond acceptors (Lipinski definition) is 2. The predicted octanol–water partition coefficient (Wildman–Crippen LogP) is 1.88. The van der Waals surface area contributed by atoms with Crippen LogP contribution in [0.4, 0.5) is 0 Å². The van der Waals surface area contributed by atoms with Crippen molar-refractivity contribution in [2.75, 3.05) is 6.54 Å². The summed E-state index contributed by atoms with van der Waals surface area (Å²) in [6.07, 6.45) is 8.58. The minimum atomic E-state index is -0.139. The Morgan fingerprint density at radius 2 is 1.73 bits per heavy atom. The third kappa shape index (κ3) is 1.83. The zero-order valence-corrected chi connectivity index (χ0v) is 9.16. The quantitative estimate of drug-likeness (QED) is 0.663. The van der Waals surface area contributed by atoms with Gasteiger partial charge in [0.2, 0.25) is 0 Å². The molecule has 1 aliphatic carbocycles. The van der Waals surface area contributed by atoms with E-state index in [1.807, 2.05) is 0 Å². The molecule has 82 valence electrons. The Morgan fingerprint density at radius 1 is 1.20 bits per heavy atom. The van der Waals surface area contributed by atoms with Crippen LogP contribution in [0.5, 0.6) is 0 Å². The molecule has 0 bridgehead atoms. The van der Waals surface area contributed by atoms with Crippen LogP contribution in [-0.2, 0) is 9.59 Å². The molecule has 0 atom stereocenters. The number of carbonyl (C=O) groups excluding carboxylic acids is 2. The minimum Gasteiger partial charge on any atom is -0.275 e. The standard InChI is InChI=1S/C12H17NO2/c1-2-12(7-3-4-8-12)9-13-10(14)5-6-11(13)15/h5-6H,2-4,7-9H2,1H3. The molecule has 1 fully saturated rings. The summed E-state index contributed by atoms with van der Waals surface area (Å²) in [5.41, 5.74) is 0.206. The molecule has 2 aliphatic rings. The summed E-state index contributed by atoms with van der Waals surface area (Å²) in [5, 5.41) is 0. The molecule has 0 radical (unpaired) electrons. The highest BCUT2D eigenvalue weighted by atomic mass is 16.2. The van der Waals surface area contributed by atoms with Crippen LogP contribution in [0.3, 0.4) is 0 Å². The fraction of sp³-hybridized carbons (Fsp3) is 0.667. The summed E-state index contributed by atoms with van der Waals surface area (Å²) in [7, 11) is 0. The van der Waals surface area contributed by atoms with Gasteiger partial charge in [-0.2, -0.15) is 0 Å². The Labute approximate surface area is 90.1 Å². The molecule has 0 N–H and O–H groups in total. The lowest BCUT2D eigenvalue weighted by atomic mass is 9.83. The molecule has 3 heteroatoms. The number of nitrogens with zero attached hydrogens (tertiary/aromatic N) is 1. The summed E-state index contributed by atoms with van der Waals surface area (Å²) in [4.78, 5) is 24.3. The topological polar surface area (TPSA) is 37.4 Å². The predicted molar refractivity (Wildman–Crippen MR) is 57.1 cm³/mol. The van der Waals surface area contributed by atoms with Crippen LogP contribution in [0.2, 0.25) is 0 Å². The van der Waals surface area contributed by atoms with Crippen molar-refractivity contribution in [1.29, 1.82) is 0 Å². The maximum absolute atomic E-state index is 11.4. The average molecular weight is 207 g/mol. The van der Waals surface area contributed by atoms with Crippen molar-refractivity contribution in [3.8, 4) is 0 Å². The van der Waals surface area contributed by atoms with Gasteiger partial charge in [-0.3, -0.25) is 14.5 Å². The van der Waals surface area contributed by atoms with Gasteiger partial charge in [-0.15, -0.1) is 0 Å². The molecule has 0 aromatic heterocycles. The molecule has 0 spiro atoms. The van der Waals surface area contributed by atoms with Crippen LogP contribution in [0.1, 0.15) is 39.0 Å². The number of rotatable bonds is 3. The van der Waals surface area contributed by atoms with Crippen molar-refractivity contribution in [2.45, 2.75) is 39.0 Å². The van der Waals surface area contributed by atoms with E-state index in [-0.39, 0.29) is 17.2 Å². The van der Waals surface area contributed by atoms with Crippen molar-refractivity contribution in [1.82, 2.24) is 4.90 Å². The van der Waals surface area contributed by atoms with Gasteiger partial charge < -0.3 is 0 Å². The number of carbonyl (C=O) groups is 2. The second kappa shape index (κ2) is 3.80. The molecule has 2 amide bonds. The van der Waals surface area contributed by atoms with Crippen LogP contribution in [0, 0.1) is 5.41 Å². The lowest BCUT2D eigenvalue weighted by Gasteiger charge is -2.31. The Kier molecular flexibility index (Phi) is 2.63. The van der Waals surface area contributed by atoms with E-state index in [0.717, 1.165) is 19.3 Å². The number of amides is 2. The first-order valence-corrected chi connectivity index (χ1v) is 5.70. The molecule has 1 saturated carbocycles. The normalized spacial score (nSPS) is 24.2. The number of hydrogen-bond donors (Lipinski definition) is 0. The second-order valence-electron chi connectivity index (χ2n) is 4.66. The first kappa shape index (κ1) is 10.4. The summed E-state index contributed by atoms with van der Waals surface area (Å²) in [5.74, 6) is -0.278. The summed E-state index contributed by atoms with van der Waals surface area (Å²) in [6.45, 7) is 2.78. The van der Waals surface area contributed by atoms with Crippen LogP contribution in [0.15, 0.2) is 12.2 Å². The third-order valence-corrected chi connectivity index (χ3v) is 3.81. The van der Waals surface area contributed by atoms with E-state index in [4.69, 9.17) is 0 Å². The van der Waals surface area contributed by atoms with E-state index in [1.165, 1.54) is 29.9 Å². The highest BCUT2D eigenvalue weighted by molar-refractivity contribution is 6.12. The van der Waals surface area contributed by atoms with Crippen LogP contribution in [0.25, 0.3) is 0 Å². The monoisotopic (exact) mass is 207 g/mol. The molecule has 2 rings (SSSR count). The Morgan fingerprint density at radius 3 is 2.20 bits per heavy atom. The molecule has 0 saturated heterocycles. The van der Waals surface area contributed by atoms with Gasteiger partial charge >= 0.3 is 0 Å². The smallest absolute Gasteiger partial charge is 0.253 e. The zero-order chi connectivity index (χ0) is 10.9. The maximum Gasteiger partial charge on any atom is 0.253 e. The van der Waals surface area contributed by atoms with Crippen LogP contribution >= 0.6 is 0 Å². The van der Waals surface area contributed by atoms with Crippen LogP contribution < -0.4 is 0 Å². The zero-order valence-electron chi connectivity index (χ0n) is 9.16. The summed E-state index contributed by atoms with van der Waals surface area (Å²) >= 11 is 0. The van der Waals surface area contributed by atoms with Gasteiger partial charge in [-0.25, -0.2) is 0 Å². The van der Waals surface area contributed by atoms with Gasteiger partial charge in [-0.1, -0.05) is 19.8 Å². The fourth-order valence-electron chi connectivity index (χ4n) is 2.67. The van der Waals surface area contributed by atoms with Gasteiger partial charge in [0.15, 0.2) is 0 Å². The molecule has 0 aromatic rings. The fourth-order valence-corrected chi connectivity index (χ4v) is 2.67. The summed E-state index contributed by atoms with van der Waals surface area (Å²) < 4.78 is 0. The Balaban J connectivity index is 2.07. The molecule has 1 aliphatic heterocycles. The molecular weight excluding hydrogens is 190 g/mol. The highest BCUT2D eigenvalue weighted by Gasteiger charge is 2.37. The third-order valence-electron chi connectivity index (χ3n) is 3.81. The van der Waals surface area contributed by atoms with Crippen molar-refractivity contribution >= 4 is 11.8 Å². The van der Waals surface area contributed by atoms with Crippen molar-refractivity contribution in [3.63, 3.8) is 0 Å². The van der Waals surface area contributed by atoms with Gasteiger partial charge in [0, 0.05) is 18.7 Å². The Hall–Kier alpha value is -1.12. The van der Waals surface area contributed by atoms with E-state index in [1.54, 1.807) is 0 Å². The lowest BCUT2D eigenvalue weighted by molar-refractivity contribution is -0.138. The van der Waals surface area contributed by atoms with E-state index in [9.17, 15) is 9.59 Å². The average Bonchev–Trinajstić information content (AvgIpc) is 2.81. The van der Waals surface area contributed by atoms with E-state index in [2.05, 4.69) is 6.92 Å². The van der Waals surface area contributed by atoms with E-state index >= 15 is 0 Å². The molecular formula is C12H17NO2. The van der Waals surface area contributed by atoms with Gasteiger partial charge in [-0.05, 0) is 24.7 Å². The molecule has 1 heterocycles. The van der Waals surface area contributed by atoms with Crippen molar-refractivity contribution < 1.29 is 9.59 Å². The first-order chi connectivity index (χ1) is 7.17. The highest BCUT2D eigenvalue weighted by Crippen LogP contribution is 2.41. The maximum atomic E-state index is 11.4. The molecule has 0 aromatic carbocycles. The minimum absolute atomic E-state index is 0.139. The van der Waals surface area contributed by atoms with E-state index in [0.29, 0.717) is 6.54 Å². The van der Waals surface area contributed by atoms with Crippen molar-refractivity contribution in [3.05, 3.63) is 12.2 Å².